The SMILES string of the molecule is CN(Cc1ccc(NC(=O)Nc2ccc(Oc3cc(Cl)ncn3)cc2)cc1C(F)(F)F)C(C)(C)C. The quantitative estimate of drug-likeness (QED) is 0.358. The Kier molecular flexibility index (Phi) is 7.86. The van der Waals surface area contributed by atoms with Crippen LogP contribution >= 0.6 is 11.6 Å². The Morgan fingerprint density at radius 2 is 1.63 bits per heavy atom. The van der Waals surface area contributed by atoms with Crippen LogP contribution in [0.15, 0.2) is 54.9 Å². The van der Waals surface area contributed by atoms with Crippen LogP contribution in [-0.4, -0.2) is 33.5 Å². The molecule has 0 saturated heterocycles. The maximum absolute atomic E-state index is 13.7. The van der Waals surface area contributed by atoms with Gasteiger partial charge in [-0.25, -0.2) is 14.8 Å². The summed E-state index contributed by atoms with van der Waals surface area (Å²) in [5.74, 6) is 0.692. The molecule has 3 aromatic rings. The Bertz CT molecular complexity index is 1180. The Labute approximate surface area is 206 Å². The number of halogens is 4. The van der Waals surface area contributed by atoms with Crippen molar-refractivity contribution in [2.45, 2.75) is 39.0 Å². The second-order valence-corrected chi connectivity index (χ2v) is 9.17. The molecule has 0 atom stereocenters. The number of alkyl halides is 3. The minimum Gasteiger partial charge on any atom is -0.439 e. The van der Waals surface area contributed by atoms with Gasteiger partial charge in [-0.15, -0.1) is 0 Å². The molecule has 3 rings (SSSR count). The third kappa shape index (κ3) is 7.56. The molecule has 186 valence electrons. The number of hydrogen-bond acceptors (Lipinski definition) is 5. The maximum Gasteiger partial charge on any atom is 0.416 e. The van der Waals surface area contributed by atoms with Crippen LogP contribution in [0.3, 0.4) is 0 Å². The van der Waals surface area contributed by atoms with E-state index in [2.05, 4.69) is 20.6 Å². The number of nitrogens with one attached hydrogen (secondary N) is 2. The van der Waals surface area contributed by atoms with Crippen molar-refractivity contribution in [3.8, 4) is 11.6 Å². The smallest absolute Gasteiger partial charge is 0.416 e. The topological polar surface area (TPSA) is 79.4 Å². The lowest BCUT2D eigenvalue weighted by Crippen LogP contribution is -2.37. The first-order valence-corrected chi connectivity index (χ1v) is 10.9. The van der Waals surface area contributed by atoms with Crippen molar-refractivity contribution >= 4 is 29.0 Å². The third-order valence-electron chi connectivity index (χ3n) is 5.17. The van der Waals surface area contributed by atoms with Gasteiger partial charge in [-0.2, -0.15) is 13.2 Å². The number of carbonyl (C=O) groups excluding carboxylic acids is 1. The molecule has 0 radical (unpaired) electrons. The van der Waals surface area contributed by atoms with Gasteiger partial charge in [-0.3, -0.25) is 4.90 Å². The number of nitrogens with zero attached hydrogens (tertiary/aromatic N) is 3. The van der Waals surface area contributed by atoms with E-state index in [-0.39, 0.29) is 34.4 Å². The maximum atomic E-state index is 13.7. The standard InChI is InChI=1S/C24H25ClF3N5O2/c1-23(2,3)33(4)13-15-5-6-17(11-19(15)24(26,27)28)32-22(34)31-16-7-9-18(10-8-16)35-21-12-20(25)29-14-30-21/h5-12,14H,13H2,1-4H3,(H2,31,32,34). The molecule has 2 amide bonds. The van der Waals surface area contributed by atoms with E-state index < -0.39 is 17.8 Å². The molecule has 2 aromatic carbocycles. The highest BCUT2D eigenvalue weighted by molar-refractivity contribution is 6.29. The van der Waals surface area contributed by atoms with E-state index in [1.807, 2.05) is 25.7 Å². The largest absolute Gasteiger partial charge is 0.439 e. The van der Waals surface area contributed by atoms with E-state index >= 15 is 0 Å². The van der Waals surface area contributed by atoms with E-state index in [0.29, 0.717) is 11.4 Å². The molecule has 0 aliphatic carbocycles. The first-order valence-electron chi connectivity index (χ1n) is 10.6. The van der Waals surface area contributed by atoms with Crippen molar-refractivity contribution in [1.82, 2.24) is 14.9 Å². The van der Waals surface area contributed by atoms with Crippen LogP contribution in [0.25, 0.3) is 0 Å². The summed E-state index contributed by atoms with van der Waals surface area (Å²) in [7, 11) is 1.76. The summed E-state index contributed by atoms with van der Waals surface area (Å²) in [5, 5.41) is 5.25. The van der Waals surface area contributed by atoms with Gasteiger partial charge < -0.3 is 15.4 Å². The summed E-state index contributed by atoms with van der Waals surface area (Å²) >= 11 is 5.79. The minimum atomic E-state index is -4.56. The summed E-state index contributed by atoms with van der Waals surface area (Å²) in [6, 6.07) is 10.9. The number of rotatable bonds is 6. The van der Waals surface area contributed by atoms with Crippen LogP contribution in [0.1, 0.15) is 31.9 Å². The molecule has 7 nitrogen and oxygen atoms in total. The zero-order valence-electron chi connectivity index (χ0n) is 19.6. The average molecular weight is 508 g/mol. The number of carbonyl (C=O) groups is 1. The first kappa shape index (κ1) is 26.2. The van der Waals surface area contributed by atoms with E-state index in [4.69, 9.17) is 16.3 Å². The van der Waals surface area contributed by atoms with Gasteiger partial charge >= 0.3 is 12.2 Å². The van der Waals surface area contributed by atoms with Crippen LogP contribution in [0, 0.1) is 0 Å². The summed E-state index contributed by atoms with van der Waals surface area (Å²) in [5.41, 5.74) is -0.533. The number of benzene rings is 2. The van der Waals surface area contributed by atoms with Gasteiger partial charge in [0, 0.05) is 29.5 Å². The van der Waals surface area contributed by atoms with Crippen LogP contribution in [0.5, 0.6) is 11.6 Å². The molecule has 0 bridgehead atoms. The molecule has 1 heterocycles. The summed E-state index contributed by atoms with van der Waals surface area (Å²) in [4.78, 5) is 21.9. The molecule has 1 aromatic heterocycles. The van der Waals surface area contributed by atoms with Crippen molar-refractivity contribution in [1.29, 1.82) is 0 Å². The molecule has 0 aliphatic rings. The van der Waals surface area contributed by atoms with E-state index in [0.717, 1.165) is 6.07 Å². The fourth-order valence-corrected chi connectivity index (χ4v) is 3.08. The molecule has 0 unspecified atom stereocenters. The van der Waals surface area contributed by atoms with Crippen molar-refractivity contribution in [3.63, 3.8) is 0 Å². The number of anilines is 2. The monoisotopic (exact) mass is 507 g/mol. The fourth-order valence-electron chi connectivity index (χ4n) is 2.94. The van der Waals surface area contributed by atoms with E-state index in [1.54, 1.807) is 31.3 Å². The first-order chi connectivity index (χ1) is 16.3. The number of hydrogen-bond donors (Lipinski definition) is 2. The van der Waals surface area contributed by atoms with Crippen molar-refractivity contribution in [2.75, 3.05) is 17.7 Å². The normalized spacial score (nSPS) is 11.9. The lowest BCUT2D eigenvalue weighted by molar-refractivity contribution is -0.138. The van der Waals surface area contributed by atoms with Crippen molar-refractivity contribution in [2.24, 2.45) is 0 Å². The highest BCUT2D eigenvalue weighted by Crippen LogP contribution is 2.35. The molecular weight excluding hydrogens is 483 g/mol. The van der Waals surface area contributed by atoms with Crippen molar-refractivity contribution < 1.29 is 22.7 Å². The highest BCUT2D eigenvalue weighted by Gasteiger charge is 2.34. The van der Waals surface area contributed by atoms with E-state index in [1.165, 1.54) is 24.5 Å². The highest BCUT2D eigenvalue weighted by atomic mass is 35.5. The Morgan fingerprint density at radius 1 is 1.00 bits per heavy atom. The number of urea groups is 1. The predicted molar refractivity (Wildman–Crippen MR) is 129 cm³/mol. The van der Waals surface area contributed by atoms with Gasteiger partial charge in [0.2, 0.25) is 5.88 Å². The summed E-state index contributed by atoms with van der Waals surface area (Å²) in [6.07, 6.45) is -3.30. The average Bonchev–Trinajstić information content (AvgIpc) is 2.75. The molecule has 0 spiro atoms. The van der Waals surface area contributed by atoms with Gasteiger partial charge in [0.25, 0.3) is 0 Å². The number of amides is 2. The van der Waals surface area contributed by atoms with Gasteiger partial charge in [0.15, 0.2) is 0 Å². The second kappa shape index (κ2) is 10.5. The van der Waals surface area contributed by atoms with Crippen molar-refractivity contribution in [3.05, 3.63) is 71.1 Å². The minimum absolute atomic E-state index is 0.0255. The predicted octanol–water partition coefficient (Wildman–Crippen LogP) is 6.82. The molecule has 0 fully saturated rings. The molecule has 0 aliphatic heterocycles. The zero-order chi connectivity index (χ0) is 25.8. The zero-order valence-corrected chi connectivity index (χ0v) is 20.3. The van der Waals surface area contributed by atoms with Crippen LogP contribution < -0.4 is 15.4 Å². The lowest BCUT2D eigenvalue weighted by Gasteiger charge is -2.32. The van der Waals surface area contributed by atoms with Gasteiger partial charge in [0.1, 0.15) is 17.2 Å². The van der Waals surface area contributed by atoms with Gasteiger partial charge in [-0.05, 0) is 69.8 Å². The molecular formula is C24H25ClF3N5O2. The Hall–Kier alpha value is -3.37. The Morgan fingerprint density at radius 3 is 2.23 bits per heavy atom. The molecule has 35 heavy (non-hydrogen) atoms. The molecule has 11 heteroatoms. The second-order valence-electron chi connectivity index (χ2n) is 8.78. The van der Waals surface area contributed by atoms with Crippen LogP contribution in [0.4, 0.5) is 29.3 Å². The van der Waals surface area contributed by atoms with Gasteiger partial charge in [0.05, 0.1) is 5.56 Å². The molecule has 0 saturated carbocycles. The number of ether oxygens (including phenoxy) is 1. The Balaban J connectivity index is 1.67. The lowest BCUT2D eigenvalue weighted by atomic mass is 10.0. The molecule has 2 N–H and O–H groups in total. The summed E-state index contributed by atoms with van der Waals surface area (Å²) < 4.78 is 46.7. The van der Waals surface area contributed by atoms with Crippen LogP contribution in [0.2, 0.25) is 5.15 Å². The van der Waals surface area contributed by atoms with Gasteiger partial charge in [-0.1, -0.05) is 17.7 Å². The summed E-state index contributed by atoms with van der Waals surface area (Å²) in [6.45, 7) is 5.88. The van der Waals surface area contributed by atoms with Crippen LogP contribution in [-0.2, 0) is 12.7 Å². The fraction of sp³-hybridized carbons (Fsp3) is 0.292. The van der Waals surface area contributed by atoms with E-state index in [9.17, 15) is 18.0 Å². The number of aromatic nitrogens is 2. The third-order valence-corrected chi connectivity index (χ3v) is 5.38.